The first-order valence-electron chi connectivity index (χ1n) is 40.0. The van der Waals surface area contributed by atoms with Crippen LogP contribution in [-0.2, 0) is 65.4 Å². The van der Waals surface area contributed by atoms with Gasteiger partial charge in [-0.2, -0.15) is 0 Å². The molecule has 19 heteroatoms. The van der Waals surface area contributed by atoms with Gasteiger partial charge in [-0.1, -0.05) is 313 Å². The Balaban J connectivity index is 5.49. The predicted molar refractivity (Wildman–Crippen MR) is 436 cm³/mol. The van der Waals surface area contributed by atoms with E-state index in [-0.39, 0.29) is 25.7 Å². The van der Waals surface area contributed by atoms with Crippen LogP contribution in [0.15, 0.2) is 182 Å². The Morgan fingerprint density at radius 2 is 0.547 bits per heavy atom. The van der Waals surface area contributed by atoms with Crippen LogP contribution in [0.25, 0.3) is 0 Å². The average molecular weight is 1520 g/mol. The summed E-state index contributed by atoms with van der Waals surface area (Å²) in [4.78, 5) is 72.9. The zero-order chi connectivity index (χ0) is 77.4. The SMILES string of the molecule is CC/C=C\C/C=C\C/C=C\C/C=C\C/C=C\C/C=C\CCC(=O)OCC(COP(=O)(O)OCC(O)COP(=O)(O)OCC(COC(=O)CCCCCCCC/C=C\C/C=C\C/C=C\C/C=C\CC)OC(=O)CCCCCCCCCCCCCCC)OC(=O)C/C=C\C/C=C\C/C=C\C/C=C\C/C=C\CC. The number of carbonyl (C=O) groups excluding carboxylic acids is 4. The van der Waals surface area contributed by atoms with Crippen LogP contribution in [0.4, 0.5) is 0 Å². The number of aliphatic hydroxyl groups excluding tert-OH is 1. The van der Waals surface area contributed by atoms with Gasteiger partial charge in [-0.3, -0.25) is 37.3 Å². The third-order valence-electron chi connectivity index (χ3n) is 15.9. The third-order valence-corrected chi connectivity index (χ3v) is 17.8. The lowest BCUT2D eigenvalue weighted by molar-refractivity contribution is -0.161. The van der Waals surface area contributed by atoms with Gasteiger partial charge in [-0.05, 0) is 128 Å². The maximum absolute atomic E-state index is 13.1. The van der Waals surface area contributed by atoms with Crippen LogP contribution in [0, 0.1) is 0 Å². The Kier molecular flexibility index (Phi) is 73.1. The van der Waals surface area contributed by atoms with Crippen molar-refractivity contribution in [2.75, 3.05) is 39.6 Å². The zero-order valence-electron chi connectivity index (χ0n) is 65.5. The minimum absolute atomic E-state index is 0.0101. The highest BCUT2D eigenvalue weighted by molar-refractivity contribution is 7.47. The maximum atomic E-state index is 13.1. The number of hydrogen-bond acceptors (Lipinski definition) is 15. The van der Waals surface area contributed by atoms with Crippen molar-refractivity contribution < 1.29 is 80.2 Å². The number of aliphatic hydroxyl groups is 1. The van der Waals surface area contributed by atoms with Crippen molar-refractivity contribution >= 4 is 39.5 Å². The number of allylic oxidation sites excluding steroid dienone is 29. The fraction of sp³-hybridized carbons (Fsp3) is 0.609. The van der Waals surface area contributed by atoms with Crippen LogP contribution < -0.4 is 0 Å². The minimum atomic E-state index is -5.03. The van der Waals surface area contributed by atoms with E-state index in [0.717, 1.165) is 148 Å². The molecule has 106 heavy (non-hydrogen) atoms. The smallest absolute Gasteiger partial charge is 0.462 e. The first kappa shape index (κ1) is 100. The lowest BCUT2D eigenvalue weighted by Gasteiger charge is -2.21. The Hall–Kier alpha value is -5.84. The second-order valence-corrected chi connectivity index (χ2v) is 28.8. The van der Waals surface area contributed by atoms with E-state index < -0.39 is 97.5 Å². The van der Waals surface area contributed by atoms with Crippen LogP contribution in [0.5, 0.6) is 0 Å². The van der Waals surface area contributed by atoms with Crippen LogP contribution in [-0.4, -0.2) is 96.7 Å². The number of unbranched alkanes of at least 4 members (excludes halogenated alkanes) is 18. The van der Waals surface area contributed by atoms with Gasteiger partial charge in [0, 0.05) is 19.3 Å². The number of phosphoric acid groups is 2. The minimum Gasteiger partial charge on any atom is -0.462 e. The van der Waals surface area contributed by atoms with Gasteiger partial charge < -0.3 is 33.8 Å². The van der Waals surface area contributed by atoms with Gasteiger partial charge >= 0.3 is 39.5 Å². The highest BCUT2D eigenvalue weighted by Crippen LogP contribution is 2.45. The molecule has 0 fully saturated rings. The molecule has 600 valence electrons. The number of esters is 4. The highest BCUT2D eigenvalue weighted by Gasteiger charge is 2.30. The number of ether oxygens (including phenoxy) is 4. The van der Waals surface area contributed by atoms with E-state index in [1.54, 1.807) is 12.2 Å². The molecule has 5 unspecified atom stereocenters. The fourth-order valence-corrected chi connectivity index (χ4v) is 11.5. The standard InChI is InChI=1S/C87H140O17P2/c1-5-9-13-17-21-25-29-33-36-38-40-42-45-48-51-55-59-63-67-71-84(89)97-77-82(103-86(91)73-69-65-61-57-53-47-32-28-24-20-16-12-8-4)79-101-105(93,94)99-75-81(88)76-100-106(95,96)102-80-83(104-87(92)74-70-66-62-58-54-50-44-35-31-27-23-19-15-11-7-3)78-98-85(90)72-68-64-60-56-52-49-46-43-41-39-37-34-30-26-22-18-14-10-6-2/h9-11,13-15,21-23,25-27,33-37,40-44,49,52,54,58,60,64,66,70,81-83,88H,5-8,12,16-20,24,28-32,38-39,45-48,50-51,53,55-57,59,61-63,65,67-69,71-80H2,1-4H3,(H,93,94)(H,95,96)/b13-9-,14-10-,15-11-,25-21-,26-22-,27-23-,36-33-,37-34-,42-40-,43-41-,44-35-,52-49-,58-54-,64-60-,70-66-. The summed E-state index contributed by atoms with van der Waals surface area (Å²) in [6.07, 6.45) is 93.5. The molecular weight excluding hydrogens is 1380 g/mol. The molecule has 0 amide bonds. The van der Waals surface area contributed by atoms with E-state index in [9.17, 15) is 43.2 Å². The number of carbonyl (C=O) groups is 4. The molecule has 0 heterocycles. The van der Waals surface area contributed by atoms with Crippen molar-refractivity contribution in [1.82, 2.24) is 0 Å². The summed E-state index contributed by atoms with van der Waals surface area (Å²) >= 11 is 0. The largest absolute Gasteiger partial charge is 0.472 e. The van der Waals surface area contributed by atoms with Crippen molar-refractivity contribution in [2.45, 2.75) is 303 Å². The zero-order valence-corrected chi connectivity index (χ0v) is 67.3. The Morgan fingerprint density at radius 3 is 0.896 bits per heavy atom. The summed E-state index contributed by atoms with van der Waals surface area (Å²) in [6, 6.07) is 0. The molecule has 0 radical (unpaired) electrons. The Bertz CT molecular complexity index is 2730. The number of phosphoric ester groups is 2. The van der Waals surface area contributed by atoms with E-state index in [2.05, 4.69) is 167 Å². The molecule has 0 aromatic rings. The molecular formula is C87H140O17P2. The van der Waals surface area contributed by atoms with Crippen molar-refractivity contribution in [1.29, 1.82) is 0 Å². The third kappa shape index (κ3) is 76.4. The molecule has 0 aliphatic rings. The summed E-state index contributed by atoms with van der Waals surface area (Å²) < 4.78 is 68.4. The van der Waals surface area contributed by atoms with E-state index in [4.69, 9.17) is 37.0 Å². The van der Waals surface area contributed by atoms with Gasteiger partial charge in [0.15, 0.2) is 12.2 Å². The van der Waals surface area contributed by atoms with Crippen molar-refractivity contribution in [2.24, 2.45) is 0 Å². The number of hydrogen-bond donors (Lipinski definition) is 3. The topological polar surface area (TPSA) is 237 Å². The van der Waals surface area contributed by atoms with Crippen molar-refractivity contribution in [3.63, 3.8) is 0 Å². The lowest BCUT2D eigenvalue weighted by Crippen LogP contribution is -2.30. The molecule has 0 aliphatic heterocycles. The quantitative estimate of drug-likeness (QED) is 0.0169. The molecule has 0 aromatic carbocycles. The van der Waals surface area contributed by atoms with Gasteiger partial charge in [0.1, 0.15) is 19.3 Å². The second kappa shape index (κ2) is 77.3. The van der Waals surface area contributed by atoms with E-state index in [0.29, 0.717) is 32.1 Å². The second-order valence-electron chi connectivity index (χ2n) is 25.9. The maximum Gasteiger partial charge on any atom is 0.472 e. The predicted octanol–water partition coefficient (Wildman–Crippen LogP) is 23.6. The number of rotatable bonds is 73. The summed E-state index contributed by atoms with van der Waals surface area (Å²) in [7, 11) is -10.0. The van der Waals surface area contributed by atoms with Crippen LogP contribution in [0.2, 0.25) is 0 Å². The van der Waals surface area contributed by atoms with Gasteiger partial charge in [0.25, 0.3) is 0 Å². The first-order chi connectivity index (χ1) is 51.7. The molecule has 0 aliphatic carbocycles. The first-order valence-corrected chi connectivity index (χ1v) is 43.0. The molecule has 0 aromatic heterocycles. The van der Waals surface area contributed by atoms with Crippen LogP contribution >= 0.6 is 15.6 Å². The lowest BCUT2D eigenvalue weighted by atomic mass is 10.0. The summed E-state index contributed by atoms with van der Waals surface area (Å²) in [5.41, 5.74) is 0. The summed E-state index contributed by atoms with van der Waals surface area (Å²) in [5, 5.41) is 10.6. The molecule has 0 saturated carbocycles. The molecule has 0 saturated heterocycles. The van der Waals surface area contributed by atoms with Gasteiger partial charge in [0.05, 0.1) is 32.8 Å². The Labute approximate surface area is 641 Å². The Morgan fingerprint density at radius 1 is 0.283 bits per heavy atom. The van der Waals surface area contributed by atoms with Crippen LogP contribution in [0.3, 0.4) is 0 Å². The fourth-order valence-electron chi connectivity index (χ4n) is 9.96. The molecule has 3 N–H and O–H groups in total. The average Bonchev–Trinajstić information content (AvgIpc) is 0.933. The van der Waals surface area contributed by atoms with Gasteiger partial charge in [-0.15, -0.1) is 0 Å². The van der Waals surface area contributed by atoms with Crippen molar-refractivity contribution in [3.8, 4) is 0 Å². The van der Waals surface area contributed by atoms with E-state index in [1.807, 2.05) is 30.4 Å². The molecule has 5 atom stereocenters. The monoisotopic (exact) mass is 1520 g/mol. The van der Waals surface area contributed by atoms with Gasteiger partial charge in [-0.25, -0.2) is 9.13 Å². The van der Waals surface area contributed by atoms with Crippen LogP contribution in [0.1, 0.15) is 285 Å². The highest BCUT2D eigenvalue weighted by atomic mass is 31.2. The normalized spacial score (nSPS) is 14.8. The molecule has 0 rings (SSSR count). The summed E-state index contributed by atoms with van der Waals surface area (Å²) in [6.45, 7) is 4.30. The summed E-state index contributed by atoms with van der Waals surface area (Å²) in [5.74, 6) is -2.45. The van der Waals surface area contributed by atoms with E-state index >= 15 is 0 Å². The molecule has 0 bridgehead atoms. The van der Waals surface area contributed by atoms with Crippen molar-refractivity contribution in [3.05, 3.63) is 182 Å². The molecule has 0 spiro atoms. The van der Waals surface area contributed by atoms with Gasteiger partial charge in [0.2, 0.25) is 0 Å². The molecule has 17 nitrogen and oxygen atoms in total. The van der Waals surface area contributed by atoms with E-state index in [1.165, 1.54) is 51.4 Å².